The van der Waals surface area contributed by atoms with E-state index in [1.54, 1.807) is 6.07 Å². The zero-order valence-electron chi connectivity index (χ0n) is 16.5. The van der Waals surface area contributed by atoms with Gasteiger partial charge in [-0.05, 0) is 43.0 Å². The molecule has 1 fully saturated rings. The Morgan fingerprint density at radius 2 is 2.07 bits per heavy atom. The van der Waals surface area contributed by atoms with Gasteiger partial charge in [0.1, 0.15) is 5.82 Å². The van der Waals surface area contributed by atoms with Gasteiger partial charge in [0.2, 0.25) is 0 Å². The standard InChI is InChI=1S/C21H20ClFN4O3/c1-10(2)9-27-18-17(20(29)26-21(27)30)13(8-16(24-18)11-3-4-11)19(28)25-15-6-5-12(22)7-14(15)23/h5-8,10-11H,3-4,9H2,1-2H3,(H,25,28)(H,26,29,30). The van der Waals surface area contributed by atoms with E-state index in [1.807, 2.05) is 13.8 Å². The fourth-order valence-corrected chi connectivity index (χ4v) is 3.53. The highest BCUT2D eigenvalue weighted by atomic mass is 35.5. The molecular weight excluding hydrogens is 411 g/mol. The average Bonchev–Trinajstić information content (AvgIpc) is 3.51. The molecule has 0 spiro atoms. The number of halogens is 2. The largest absolute Gasteiger partial charge is 0.330 e. The second kappa shape index (κ2) is 7.68. The van der Waals surface area contributed by atoms with Crippen LogP contribution in [0.15, 0.2) is 33.9 Å². The van der Waals surface area contributed by atoms with Crippen LogP contribution < -0.4 is 16.6 Å². The molecule has 1 amide bonds. The van der Waals surface area contributed by atoms with E-state index in [4.69, 9.17) is 11.6 Å². The molecule has 4 rings (SSSR count). The Balaban J connectivity index is 1.90. The number of H-pyrrole nitrogens is 1. The van der Waals surface area contributed by atoms with Gasteiger partial charge in [-0.25, -0.2) is 14.2 Å². The van der Waals surface area contributed by atoms with Gasteiger partial charge in [0.15, 0.2) is 5.65 Å². The average molecular weight is 431 g/mol. The number of fused-ring (bicyclic) bond motifs is 1. The van der Waals surface area contributed by atoms with E-state index in [0.29, 0.717) is 12.2 Å². The van der Waals surface area contributed by atoms with Crippen molar-refractivity contribution in [3.63, 3.8) is 0 Å². The number of hydrogen-bond donors (Lipinski definition) is 2. The van der Waals surface area contributed by atoms with E-state index in [1.165, 1.54) is 16.7 Å². The predicted molar refractivity (Wildman–Crippen MR) is 113 cm³/mol. The number of benzene rings is 1. The maximum atomic E-state index is 14.2. The first-order chi connectivity index (χ1) is 14.2. The highest BCUT2D eigenvalue weighted by molar-refractivity contribution is 6.30. The van der Waals surface area contributed by atoms with Gasteiger partial charge in [-0.2, -0.15) is 0 Å². The van der Waals surface area contributed by atoms with Crippen LogP contribution in [-0.2, 0) is 6.54 Å². The molecule has 9 heteroatoms. The second-order valence-corrected chi connectivity index (χ2v) is 8.35. The quantitative estimate of drug-likeness (QED) is 0.645. The fraction of sp³-hybridized carbons (Fsp3) is 0.333. The highest BCUT2D eigenvalue weighted by Crippen LogP contribution is 2.40. The molecule has 3 aromatic rings. The molecule has 1 aliphatic carbocycles. The molecule has 2 aromatic heterocycles. The molecular formula is C21H20ClFN4O3. The summed E-state index contributed by atoms with van der Waals surface area (Å²) < 4.78 is 15.6. The summed E-state index contributed by atoms with van der Waals surface area (Å²) in [6, 6.07) is 5.44. The first-order valence-corrected chi connectivity index (χ1v) is 10.1. The van der Waals surface area contributed by atoms with Gasteiger partial charge in [0.05, 0.1) is 16.6 Å². The molecule has 0 bridgehead atoms. The maximum Gasteiger partial charge on any atom is 0.330 e. The maximum absolute atomic E-state index is 14.2. The molecule has 156 valence electrons. The summed E-state index contributed by atoms with van der Waals surface area (Å²) in [7, 11) is 0. The van der Waals surface area contributed by atoms with E-state index in [-0.39, 0.29) is 39.1 Å². The zero-order valence-corrected chi connectivity index (χ0v) is 17.2. The van der Waals surface area contributed by atoms with Gasteiger partial charge in [0, 0.05) is 23.2 Å². The Bertz CT molecular complexity index is 1280. The van der Waals surface area contributed by atoms with Gasteiger partial charge >= 0.3 is 5.69 Å². The SMILES string of the molecule is CC(C)Cn1c(=O)[nH]c(=O)c2c(C(=O)Nc3ccc(Cl)cc3F)cc(C3CC3)nc21. The van der Waals surface area contributed by atoms with Gasteiger partial charge in [0.25, 0.3) is 11.5 Å². The number of aromatic amines is 1. The van der Waals surface area contributed by atoms with Crippen LogP contribution in [-0.4, -0.2) is 20.4 Å². The summed E-state index contributed by atoms with van der Waals surface area (Å²) in [6.45, 7) is 4.20. The Kier molecular flexibility index (Phi) is 5.19. The Morgan fingerprint density at radius 3 is 2.70 bits per heavy atom. The minimum absolute atomic E-state index is 0.00604. The van der Waals surface area contributed by atoms with Crippen LogP contribution in [0.2, 0.25) is 5.02 Å². The number of hydrogen-bond acceptors (Lipinski definition) is 4. The number of amides is 1. The lowest BCUT2D eigenvalue weighted by Crippen LogP contribution is -2.33. The Morgan fingerprint density at radius 1 is 1.33 bits per heavy atom. The molecule has 0 atom stereocenters. The highest BCUT2D eigenvalue weighted by Gasteiger charge is 2.29. The predicted octanol–water partition coefficient (Wildman–Crippen LogP) is 3.66. The van der Waals surface area contributed by atoms with Crippen molar-refractivity contribution in [3.05, 3.63) is 67.2 Å². The molecule has 0 radical (unpaired) electrons. The number of pyridine rings is 1. The zero-order chi connectivity index (χ0) is 21.6. The Hall–Kier alpha value is -3.00. The number of anilines is 1. The number of nitrogens with zero attached hydrogens (tertiary/aromatic N) is 2. The van der Waals surface area contributed by atoms with Gasteiger partial charge in [-0.3, -0.25) is 19.1 Å². The first-order valence-electron chi connectivity index (χ1n) is 9.68. The van der Waals surface area contributed by atoms with Gasteiger partial charge in [-0.15, -0.1) is 0 Å². The van der Waals surface area contributed by atoms with Gasteiger partial charge in [-0.1, -0.05) is 25.4 Å². The number of nitrogens with one attached hydrogen (secondary N) is 2. The van der Waals surface area contributed by atoms with Crippen molar-refractivity contribution in [2.24, 2.45) is 5.92 Å². The number of carbonyl (C=O) groups is 1. The fourth-order valence-electron chi connectivity index (χ4n) is 3.38. The monoisotopic (exact) mass is 430 g/mol. The van der Waals surface area contributed by atoms with Crippen molar-refractivity contribution in [3.8, 4) is 0 Å². The van der Waals surface area contributed by atoms with E-state index in [0.717, 1.165) is 18.9 Å². The lowest BCUT2D eigenvalue weighted by Gasteiger charge is -2.15. The molecule has 1 aromatic carbocycles. The molecule has 1 aliphatic rings. The third-order valence-electron chi connectivity index (χ3n) is 4.94. The summed E-state index contributed by atoms with van der Waals surface area (Å²) >= 11 is 5.77. The Labute approximate surface area is 175 Å². The van der Waals surface area contributed by atoms with Crippen molar-refractivity contribution in [1.82, 2.24) is 14.5 Å². The third kappa shape index (κ3) is 3.87. The van der Waals surface area contributed by atoms with Crippen LogP contribution in [0.1, 0.15) is 48.7 Å². The van der Waals surface area contributed by atoms with Crippen LogP contribution in [0.25, 0.3) is 11.0 Å². The normalized spacial score (nSPS) is 13.8. The minimum Gasteiger partial charge on any atom is -0.319 e. The van der Waals surface area contributed by atoms with Crippen LogP contribution in [0.3, 0.4) is 0 Å². The smallest absolute Gasteiger partial charge is 0.319 e. The van der Waals surface area contributed by atoms with E-state index >= 15 is 0 Å². The molecule has 30 heavy (non-hydrogen) atoms. The van der Waals surface area contributed by atoms with Crippen molar-refractivity contribution in [2.75, 3.05) is 5.32 Å². The summed E-state index contributed by atoms with van der Waals surface area (Å²) in [5, 5.41) is 2.70. The molecule has 2 heterocycles. The van der Waals surface area contributed by atoms with Crippen LogP contribution in [0.5, 0.6) is 0 Å². The van der Waals surface area contributed by atoms with Crippen LogP contribution in [0, 0.1) is 11.7 Å². The van der Waals surface area contributed by atoms with Crippen molar-refractivity contribution in [2.45, 2.75) is 39.2 Å². The lowest BCUT2D eigenvalue weighted by atomic mass is 10.1. The van der Waals surface area contributed by atoms with Crippen LogP contribution >= 0.6 is 11.6 Å². The molecule has 2 N–H and O–H groups in total. The molecule has 0 unspecified atom stereocenters. The van der Waals surface area contributed by atoms with E-state index in [9.17, 15) is 18.8 Å². The molecule has 0 aliphatic heterocycles. The minimum atomic E-state index is -0.702. The number of carbonyl (C=O) groups excluding carboxylic acids is 1. The number of aromatic nitrogens is 3. The van der Waals surface area contributed by atoms with Gasteiger partial charge < -0.3 is 5.32 Å². The summed E-state index contributed by atoms with van der Waals surface area (Å²) in [6.07, 6.45) is 1.84. The molecule has 0 saturated heterocycles. The van der Waals surface area contributed by atoms with E-state index < -0.39 is 23.0 Å². The van der Waals surface area contributed by atoms with Crippen molar-refractivity contribution >= 4 is 34.2 Å². The lowest BCUT2D eigenvalue weighted by molar-refractivity contribution is 0.102. The summed E-state index contributed by atoms with van der Waals surface area (Å²) in [4.78, 5) is 45.0. The van der Waals surface area contributed by atoms with Crippen molar-refractivity contribution in [1.29, 1.82) is 0 Å². The van der Waals surface area contributed by atoms with Crippen LogP contribution in [0.4, 0.5) is 10.1 Å². The molecule has 1 saturated carbocycles. The van der Waals surface area contributed by atoms with E-state index in [2.05, 4.69) is 15.3 Å². The number of rotatable bonds is 5. The topological polar surface area (TPSA) is 96.9 Å². The molecule has 7 nitrogen and oxygen atoms in total. The van der Waals surface area contributed by atoms with Crippen molar-refractivity contribution < 1.29 is 9.18 Å². The third-order valence-corrected chi connectivity index (χ3v) is 5.17. The first kappa shape index (κ1) is 20.3. The summed E-state index contributed by atoms with van der Waals surface area (Å²) in [5.74, 6) is -1.06. The summed E-state index contributed by atoms with van der Waals surface area (Å²) in [5.41, 5.74) is -0.470. The second-order valence-electron chi connectivity index (χ2n) is 7.91.